The topological polar surface area (TPSA) is 150 Å². The lowest BCUT2D eigenvalue weighted by molar-refractivity contribution is -0.141. The molecule has 0 aliphatic carbocycles. The van der Waals surface area contributed by atoms with Crippen molar-refractivity contribution in [3.8, 4) is 11.5 Å². The predicted molar refractivity (Wildman–Crippen MR) is 103 cm³/mol. The zero-order chi connectivity index (χ0) is 21.3. The highest BCUT2D eigenvalue weighted by Gasteiger charge is 2.35. The van der Waals surface area contributed by atoms with Gasteiger partial charge in [0.15, 0.2) is 6.29 Å². The molecule has 4 rings (SSSR count). The molecule has 12 heteroatoms. The molecule has 4 N–H and O–H groups in total. The Labute approximate surface area is 172 Å². The molecule has 11 nitrogen and oxygen atoms in total. The van der Waals surface area contributed by atoms with Gasteiger partial charge in [0, 0.05) is 19.2 Å². The Morgan fingerprint density at radius 3 is 2.90 bits per heavy atom. The number of hydrogen-bond donors (Lipinski definition) is 4. The third-order valence-electron chi connectivity index (χ3n) is 5.16. The van der Waals surface area contributed by atoms with E-state index in [0.29, 0.717) is 37.9 Å². The van der Waals surface area contributed by atoms with Crippen LogP contribution in [-0.4, -0.2) is 79.1 Å². The van der Waals surface area contributed by atoms with Gasteiger partial charge in [0.1, 0.15) is 24.1 Å². The highest BCUT2D eigenvalue weighted by molar-refractivity contribution is 6.44. The van der Waals surface area contributed by atoms with E-state index in [9.17, 15) is 20.0 Å². The second kappa shape index (κ2) is 8.60. The van der Waals surface area contributed by atoms with Crippen LogP contribution in [0.1, 0.15) is 23.1 Å². The second-order valence-electron chi connectivity index (χ2n) is 7.37. The van der Waals surface area contributed by atoms with Gasteiger partial charge in [0.25, 0.3) is 0 Å². The van der Waals surface area contributed by atoms with Gasteiger partial charge in [-0.2, -0.15) is 0 Å². The van der Waals surface area contributed by atoms with E-state index in [1.54, 1.807) is 23.2 Å². The van der Waals surface area contributed by atoms with Crippen molar-refractivity contribution in [2.75, 3.05) is 19.7 Å². The van der Waals surface area contributed by atoms with Gasteiger partial charge in [0.05, 0.1) is 24.3 Å². The quantitative estimate of drug-likeness (QED) is 0.311. The van der Waals surface area contributed by atoms with Gasteiger partial charge < -0.3 is 34.6 Å². The lowest BCUT2D eigenvalue weighted by Crippen LogP contribution is -2.57. The van der Waals surface area contributed by atoms with Crippen LogP contribution in [0.5, 0.6) is 11.5 Å². The fraction of sp³-hybridized carbons (Fsp3) is 0.500. The average Bonchev–Trinajstić information content (AvgIpc) is 3.10. The van der Waals surface area contributed by atoms with Crippen LogP contribution in [0.4, 0.5) is 0 Å². The minimum absolute atomic E-state index is 0.0327. The van der Waals surface area contributed by atoms with Crippen LogP contribution < -0.4 is 9.39 Å². The third kappa shape index (κ3) is 4.26. The van der Waals surface area contributed by atoms with Gasteiger partial charge in [-0.15, -0.1) is 5.10 Å². The lowest BCUT2D eigenvalue weighted by Gasteiger charge is -2.39. The van der Waals surface area contributed by atoms with Crippen LogP contribution in [0.15, 0.2) is 18.3 Å². The Balaban J connectivity index is 1.36. The minimum Gasteiger partial charge on any atom is -0.535 e. The summed E-state index contributed by atoms with van der Waals surface area (Å²) in [5, 5.41) is 46.0. The molecule has 2 aliphatic rings. The summed E-state index contributed by atoms with van der Waals surface area (Å²) in [7, 11) is -1.00. The number of aliphatic hydroxyl groups is 3. The predicted octanol–water partition coefficient (Wildman–Crippen LogP) is -1.50. The molecule has 0 spiro atoms. The molecule has 160 valence electrons. The highest BCUT2D eigenvalue weighted by Crippen LogP contribution is 2.40. The maximum atomic E-state index is 12.4. The van der Waals surface area contributed by atoms with E-state index in [4.69, 9.17) is 14.5 Å². The number of amides is 1. The Morgan fingerprint density at radius 2 is 2.17 bits per heavy atom. The van der Waals surface area contributed by atoms with Gasteiger partial charge in [0.2, 0.25) is 5.91 Å². The van der Waals surface area contributed by atoms with Crippen molar-refractivity contribution in [3.05, 3.63) is 35.2 Å². The molecule has 0 saturated carbocycles. The van der Waals surface area contributed by atoms with Crippen LogP contribution in [-0.2, 0) is 24.2 Å². The van der Waals surface area contributed by atoms with E-state index in [1.807, 2.05) is 0 Å². The number of ether oxygens (including phenoxy) is 1. The van der Waals surface area contributed by atoms with Crippen LogP contribution >= 0.6 is 0 Å². The molecule has 1 saturated heterocycles. The number of carbonyl (C=O) groups excluding carboxylic acids is 1. The van der Waals surface area contributed by atoms with Gasteiger partial charge in [-0.1, -0.05) is 11.3 Å². The van der Waals surface area contributed by atoms with Crippen LogP contribution in [0.25, 0.3) is 0 Å². The number of hydrogen-bond acceptors (Lipinski definition) is 9. The van der Waals surface area contributed by atoms with Gasteiger partial charge in [-0.05, 0) is 24.4 Å². The summed E-state index contributed by atoms with van der Waals surface area (Å²) in [6.07, 6.45) is 0.871. The first-order valence-corrected chi connectivity index (χ1v) is 9.75. The Hall–Kier alpha value is -2.67. The molecule has 1 aromatic carbocycles. The number of benzene rings is 1. The molecule has 3 heterocycles. The number of nitrogens with zero attached hydrogens (tertiary/aromatic N) is 4. The molecule has 1 fully saturated rings. The third-order valence-corrected chi connectivity index (χ3v) is 5.16. The maximum Gasteiger partial charge on any atom is 0.522 e. The number of aromatic nitrogens is 3. The SMILES string of the molecule is O=C(Cn1cc(CCO)nn1)N1CC(Oc2ccc3c(c2C(O)O)OB(O)CC3)C1. The monoisotopic (exact) mass is 418 g/mol. The largest absolute Gasteiger partial charge is 0.535 e. The zero-order valence-electron chi connectivity index (χ0n) is 16.2. The summed E-state index contributed by atoms with van der Waals surface area (Å²) >= 11 is 0. The Bertz CT molecular complexity index is 916. The molecular weight excluding hydrogens is 395 g/mol. The van der Waals surface area contributed by atoms with Gasteiger partial charge >= 0.3 is 7.12 Å². The van der Waals surface area contributed by atoms with E-state index in [-0.39, 0.29) is 42.2 Å². The van der Waals surface area contributed by atoms with Gasteiger partial charge in [-0.25, -0.2) is 4.68 Å². The Morgan fingerprint density at radius 1 is 1.37 bits per heavy atom. The standard InChI is InChI=1S/C18H23BN4O7/c24-6-4-12-7-23(21-20-12)10-15(25)22-8-13(9-22)29-14-2-1-11-3-5-19(28)30-17(11)16(14)18(26)27/h1-2,7,13,18,24,26-28H,3-6,8-10H2. The van der Waals surface area contributed by atoms with Crippen molar-refractivity contribution in [2.45, 2.75) is 38.1 Å². The lowest BCUT2D eigenvalue weighted by atomic mass is 9.78. The number of aliphatic hydroxyl groups excluding tert-OH is 2. The van der Waals surface area contributed by atoms with E-state index in [2.05, 4.69) is 10.3 Å². The van der Waals surface area contributed by atoms with E-state index >= 15 is 0 Å². The molecule has 30 heavy (non-hydrogen) atoms. The molecule has 0 unspecified atom stereocenters. The van der Waals surface area contributed by atoms with E-state index in [0.717, 1.165) is 5.56 Å². The second-order valence-corrected chi connectivity index (χ2v) is 7.37. The van der Waals surface area contributed by atoms with Gasteiger partial charge in [-0.3, -0.25) is 4.79 Å². The summed E-state index contributed by atoms with van der Waals surface area (Å²) in [6, 6.07) is 3.43. The van der Waals surface area contributed by atoms with Crippen molar-refractivity contribution < 1.29 is 34.5 Å². The van der Waals surface area contributed by atoms with E-state index in [1.165, 1.54) is 4.68 Å². The average molecular weight is 418 g/mol. The number of rotatable bonds is 7. The van der Waals surface area contributed by atoms with Crippen molar-refractivity contribution in [2.24, 2.45) is 0 Å². The van der Waals surface area contributed by atoms with E-state index < -0.39 is 13.4 Å². The first kappa shape index (κ1) is 20.6. The van der Waals surface area contributed by atoms with Crippen molar-refractivity contribution in [3.63, 3.8) is 0 Å². The number of likely N-dealkylation sites (tertiary alicyclic amines) is 1. The smallest absolute Gasteiger partial charge is 0.522 e. The van der Waals surface area contributed by atoms with Crippen LogP contribution in [0.3, 0.4) is 0 Å². The fourth-order valence-corrected chi connectivity index (χ4v) is 3.56. The highest BCUT2D eigenvalue weighted by atomic mass is 16.5. The number of aryl methyl sites for hydroxylation is 1. The summed E-state index contributed by atoms with van der Waals surface area (Å²) in [5.41, 5.74) is 1.47. The Kier molecular flexibility index (Phi) is 5.91. The first-order valence-electron chi connectivity index (χ1n) is 9.75. The molecular formula is C18H23BN4O7. The van der Waals surface area contributed by atoms with Crippen molar-refractivity contribution in [1.29, 1.82) is 0 Å². The zero-order valence-corrected chi connectivity index (χ0v) is 16.2. The molecule has 1 aromatic heterocycles. The normalized spacial score (nSPS) is 16.3. The van der Waals surface area contributed by atoms with Crippen molar-refractivity contribution in [1.82, 2.24) is 19.9 Å². The number of fused-ring (bicyclic) bond motifs is 1. The molecule has 2 aromatic rings. The first-order chi connectivity index (χ1) is 14.4. The molecule has 0 bridgehead atoms. The summed E-state index contributed by atoms with van der Waals surface area (Å²) in [5.74, 6) is 0.341. The molecule has 1 amide bonds. The van der Waals surface area contributed by atoms with Crippen LogP contribution in [0, 0.1) is 0 Å². The number of carbonyl (C=O) groups is 1. The molecule has 0 atom stereocenters. The van der Waals surface area contributed by atoms with Crippen molar-refractivity contribution >= 4 is 13.0 Å². The molecule has 2 aliphatic heterocycles. The summed E-state index contributed by atoms with van der Waals surface area (Å²) in [6.45, 7) is 0.697. The minimum atomic E-state index is -1.82. The van der Waals surface area contributed by atoms with Crippen LogP contribution in [0.2, 0.25) is 6.32 Å². The summed E-state index contributed by atoms with van der Waals surface area (Å²) in [4.78, 5) is 14.0. The summed E-state index contributed by atoms with van der Waals surface area (Å²) < 4.78 is 12.7. The molecule has 0 radical (unpaired) electrons. The fourth-order valence-electron chi connectivity index (χ4n) is 3.56. The maximum absolute atomic E-state index is 12.4.